The Hall–Kier alpha value is -1.55. The lowest BCUT2D eigenvalue weighted by atomic mass is 9.92. The topological polar surface area (TPSA) is 46.6 Å². The van der Waals surface area contributed by atoms with Crippen LogP contribution in [0, 0.1) is 5.92 Å². The third kappa shape index (κ3) is 1.86. The maximum atomic E-state index is 5.95. The maximum absolute atomic E-state index is 5.95. The number of hydrogen-bond donors (Lipinski definition) is 1. The molecule has 2 aromatic rings. The van der Waals surface area contributed by atoms with Gasteiger partial charge in [-0.3, -0.25) is 4.40 Å². The summed E-state index contributed by atoms with van der Waals surface area (Å²) in [5, 5.41) is 0. The van der Waals surface area contributed by atoms with Gasteiger partial charge in [0.25, 0.3) is 0 Å². The van der Waals surface area contributed by atoms with Crippen molar-refractivity contribution in [2.24, 2.45) is 11.7 Å². The minimum absolute atomic E-state index is 0.446. The Morgan fingerprint density at radius 2 is 2.33 bits per heavy atom. The van der Waals surface area contributed by atoms with Crippen LogP contribution in [-0.4, -0.2) is 28.5 Å². The number of pyridine rings is 1. The van der Waals surface area contributed by atoms with Gasteiger partial charge in [-0.2, -0.15) is 0 Å². The molecule has 2 atom stereocenters. The van der Waals surface area contributed by atoms with E-state index in [0.717, 1.165) is 24.7 Å². The van der Waals surface area contributed by atoms with Gasteiger partial charge in [0.05, 0.1) is 0 Å². The lowest BCUT2D eigenvalue weighted by molar-refractivity contribution is 0.364. The van der Waals surface area contributed by atoms with Crippen LogP contribution in [0.5, 0.6) is 0 Å². The Labute approximate surface area is 107 Å². The molecule has 0 aliphatic carbocycles. The van der Waals surface area contributed by atoms with E-state index >= 15 is 0 Å². The summed E-state index contributed by atoms with van der Waals surface area (Å²) in [6.45, 7) is 4.12. The zero-order valence-electron chi connectivity index (χ0n) is 10.8. The molecule has 2 unspecified atom stereocenters. The molecule has 0 amide bonds. The predicted molar refractivity (Wildman–Crippen MR) is 73.8 cm³/mol. The fraction of sp³-hybridized carbons (Fsp3) is 0.500. The van der Waals surface area contributed by atoms with Crippen LogP contribution < -0.4 is 10.6 Å². The van der Waals surface area contributed by atoms with Crippen molar-refractivity contribution in [3.8, 4) is 0 Å². The van der Waals surface area contributed by atoms with Crippen molar-refractivity contribution >= 4 is 11.5 Å². The number of imidazole rings is 1. The van der Waals surface area contributed by atoms with Gasteiger partial charge in [-0.05, 0) is 30.9 Å². The first-order chi connectivity index (χ1) is 8.79. The predicted octanol–water partition coefficient (Wildman–Crippen LogP) is 1.90. The van der Waals surface area contributed by atoms with Gasteiger partial charge in [-0.15, -0.1) is 0 Å². The summed E-state index contributed by atoms with van der Waals surface area (Å²) < 4.78 is 2.15. The Kier molecular flexibility index (Phi) is 2.96. The number of nitrogens with zero attached hydrogens (tertiary/aromatic N) is 3. The number of nitrogens with two attached hydrogens (primary N) is 1. The van der Waals surface area contributed by atoms with Gasteiger partial charge in [-0.25, -0.2) is 4.98 Å². The van der Waals surface area contributed by atoms with E-state index in [-0.39, 0.29) is 0 Å². The molecule has 0 saturated carbocycles. The fourth-order valence-corrected chi connectivity index (χ4v) is 2.94. The molecule has 0 bridgehead atoms. The molecule has 0 radical (unpaired) electrons. The number of aromatic nitrogens is 2. The van der Waals surface area contributed by atoms with Crippen LogP contribution in [-0.2, 0) is 0 Å². The van der Waals surface area contributed by atoms with Crippen molar-refractivity contribution in [3.05, 3.63) is 30.6 Å². The summed E-state index contributed by atoms with van der Waals surface area (Å²) in [6, 6.07) is 6.71. The Morgan fingerprint density at radius 3 is 3.17 bits per heavy atom. The van der Waals surface area contributed by atoms with E-state index in [9.17, 15) is 0 Å². The van der Waals surface area contributed by atoms with Gasteiger partial charge in [-0.1, -0.05) is 13.0 Å². The quantitative estimate of drug-likeness (QED) is 0.877. The lowest BCUT2D eigenvalue weighted by Crippen LogP contribution is -2.47. The number of piperidine rings is 1. The first-order valence-corrected chi connectivity index (χ1v) is 6.68. The molecular formula is C14H20N4. The molecule has 1 saturated heterocycles. The molecule has 2 N–H and O–H groups in total. The van der Waals surface area contributed by atoms with Crippen molar-refractivity contribution in [1.82, 2.24) is 9.38 Å². The van der Waals surface area contributed by atoms with Crippen molar-refractivity contribution in [2.75, 3.05) is 18.0 Å². The average Bonchev–Trinajstić information content (AvgIpc) is 2.86. The highest BCUT2D eigenvalue weighted by Gasteiger charge is 2.26. The summed E-state index contributed by atoms with van der Waals surface area (Å²) in [5.41, 5.74) is 6.95. The zero-order chi connectivity index (χ0) is 12.5. The van der Waals surface area contributed by atoms with Gasteiger partial charge < -0.3 is 10.6 Å². The molecule has 1 aliphatic heterocycles. The Balaban J connectivity index is 2.00. The Bertz CT molecular complexity index is 533. The van der Waals surface area contributed by atoms with Crippen LogP contribution >= 0.6 is 0 Å². The molecule has 0 spiro atoms. The number of hydrogen-bond acceptors (Lipinski definition) is 3. The van der Waals surface area contributed by atoms with Crippen LogP contribution in [0.4, 0.5) is 5.82 Å². The molecule has 4 nitrogen and oxygen atoms in total. The van der Waals surface area contributed by atoms with Crippen LogP contribution in [0.1, 0.15) is 19.8 Å². The summed E-state index contributed by atoms with van der Waals surface area (Å²) in [4.78, 5) is 6.78. The SMILES string of the molecule is CC1CCN(c2cccc3nccn23)C(CN)C1. The monoisotopic (exact) mass is 244 g/mol. The van der Waals surface area contributed by atoms with Crippen LogP contribution in [0.25, 0.3) is 5.65 Å². The molecule has 0 aromatic carbocycles. The van der Waals surface area contributed by atoms with Gasteiger partial charge in [0.1, 0.15) is 11.5 Å². The third-order valence-electron chi connectivity index (χ3n) is 3.95. The smallest absolute Gasteiger partial charge is 0.138 e. The molecule has 96 valence electrons. The minimum Gasteiger partial charge on any atom is -0.353 e. The molecule has 2 aromatic heterocycles. The van der Waals surface area contributed by atoms with Crippen molar-refractivity contribution in [2.45, 2.75) is 25.8 Å². The third-order valence-corrected chi connectivity index (χ3v) is 3.95. The van der Waals surface area contributed by atoms with E-state index < -0.39 is 0 Å². The summed E-state index contributed by atoms with van der Waals surface area (Å²) >= 11 is 0. The van der Waals surface area contributed by atoms with E-state index in [1.807, 2.05) is 18.5 Å². The van der Waals surface area contributed by atoms with E-state index in [1.54, 1.807) is 0 Å². The van der Waals surface area contributed by atoms with Gasteiger partial charge in [0, 0.05) is 31.5 Å². The van der Waals surface area contributed by atoms with Gasteiger partial charge >= 0.3 is 0 Å². The molecule has 1 aliphatic rings. The van der Waals surface area contributed by atoms with E-state index in [2.05, 4.69) is 33.3 Å². The Morgan fingerprint density at radius 1 is 1.44 bits per heavy atom. The second-order valence-electron chi connectivity index (χ2n) is 5.25. The molecule has 3 rings (SSSR count). The first-order valence-electron chi connectivity index (χ1n) is 6.68. The highest BCUT2D eigenvalue weighted by molar-refractivity contribution is 5.52. The van der Waals surface area contributed by atoms with E-state index in [0.29, 0.717) is 6.04 Å². The minimum atomic E-state index is 0.446. The molecule has 1 fully saturated rings. The molecular weight excluding hydrogens is 224 g/mol. The number of rotatable bonds is 2. The second-order valence-corrected chi connectivity index (χ2v) is 5.25. The summed E-state index contributed by atoms with van der Waals surface area (Å²) in [7, 11) is 0. The van der Waals surface area contributed by atoms with Gasteiger partial charge in [0.2, 0.25) is 0 Å². The number of fused-ring (bicyclic) bond motifs is 1. The van der Waals surface area contributed by atoms with Crippen LogP contribution in [0.2, 0.25) is 0 Å². The standard InChI is InChI=1S/C14H20N4/c1-11-5-7-17(12(9-11)10-15)14-4-2-3-13-16-6-8-18(13)14/h2-4,6,8,11-12H,5,7,9-10,15H2,1H3. The van der Waals surface area contributed by atoms with Gasteiger partial charge in [0.15, 0.2) is 0 Å². The van der Waals surface area contributed by atoms with Crippen LogP contribution in [0.3, 0.4) is 0 Å². The maximum Gasteiger partial charge on any atom is 0.138 e. The summed E-state index contributed by atoms with van der Waals surface area (Å²) in [6.07, 6.45) is 6.29. The molecule has 3 heterocycles. The summed E-state index contributed by atoms with van der Waals surface area (Å²) in [5.74, 6) is 1.99. The zero-order valence-corrected chi connectivity index (χ0v) is 10.8. The lowest BCUT2D eigenvalue weighted by Gasteiger charge is -2.39. The normalized spacial score (nSPS) is 24.7. The largest absolute Gasteiger partial charge is 0.353 e. The van der Waals surface area contributed by atoms with E-state index in [4.69, 9.17) is 5.73 Å². The highest BCUT2D eigenvalue weighted by atomic mass is 15.3. The number of anilines is 1. The van der Waals surface area contributed by atoms with Crippen molar-refractivity contribution in [1.29, 1.82) is 0 Å². The van der Waals surface area contributed by atoms with Crippen molar-refractivity contribution in [3.63, 3.8) is 0 Å². The van der Waals surface area contributed by atoms with E-state index in [1.165, 1.54) is 18.7 Å². The average molecular weight is 244 g/mol. The van der Waals surface area contributed by atoms with Crippen molar-refractivity contribution < 1.29 is 0 Å². The van der Waals surface area contributed by atoms with Crippen LogP contribution in [0.15, 0.2) is 30.6 Å². The highest BCUT2D eigenvalue weighted by Crippen LogP contribution is 2.27. The molecule has 18 heavy (non-hydrogen) atoms. The molecule has 4 heteroatoms. The second kappa shape index (κ2) is 4.61. The fourth-order valence-electron chi connectivity index (χ4n) is 2.94. The first kappa shape index (κ1) is 11.5.